The number of amides is 3. The molecule has 2 aromatic heterocycles. The summed E-state index contributed by atoms with van der Waals surface area (Å²) in [6.45, 7) is 3.46. The van der Waals surface area contributed by atoms with Crippen molar-refractivity contribution in [2.75, 3.05) is 13.1 Å². The Morgan fingerprint density at radius 1 is 0.944 bits per heavy atom. The molecular weight excluding hydrogens is 476 g/mol. The summed E-state index contributed by atoms with van der Waals surface area (Å²) >= 11 is 1.29. The Labute approximate surface area is 214 Å². The van der Waals surface area contributed by atoms with Gasteiger partial charge in [-0.25, -0.2) is 0 Å². The van der Waals surface area contributed by atoms with Crippen LogP contribution in [0.5, 0.6) is 0 Å². The Bertz CT molecular complexity index is 1180. The Balaban J connectivity index is 1.45. The van der Waals surface area contributed by atoms with Crippen LogP contribution in [-0.2, 0) is 20.8 Å². The SMILES string of the molecule is CC(C)CC(NC(=O)c1cccs1)C(=O)NCC(=O)CNC(=O)Cc1cccc(-c2ccccn2)c1. The molecule has 0 radical (unpaired) electrons. The van der Waals surface area contributed by atoms with Gasteiger partial charge in [-0.1, -0.05) is 44.2 Å². The lowest BCUT2D eigenvalue weighted by atomic mass is 10.0. The predicted molar refractivity (Wildman–Crippen MR) is 139 cm³/mol. The van der Waals surface area contributed by atoms with Crippen LogP contribution in [-0.4, -0.2) is 47.6 Å². The Morgan fingerprint density at radius 2 is 1.75 bits per heavy atom. The van der Waals surface area contributed by atoms with Crippen LogP contribution in [0.15, 0.2) is 66.2 Å². The summed E-state index contributed by atoms with van der Waals surface area (Å²) in [4.78, 5) is 54.5. The van der Waals surface area contributed by atoms with E-state index >= 15 is 0 Å². The molecule has 0 bridgehead atoms. The number of carbonyl (C=O) groups is 4. The van der Waals surface area contributed by atoms with Gasteiger partial charge in [0.15, 0.2) is 5.78 Å². The minimum absolute atomic E-state index is 0.117. The quantitative estimate of drug-likeness (QED) is 0.349. The summed E-state index contributed by atoms with van der Waals surface area (Å²) in [5, 5.41) is 9.71. The van der Waals surface area contributed by atoms with E-state index in [1.54, 1.807) is 23.7 Å². The van der Waals surface area contributed by atoms with Crippen molar-refractivity contribution in [3.05, 3.63) is 76.6 Å². The molecule has 9 heteroatoms. The van der Waals surface area contributed by atoms with Gasteiger partial charge in [0.2, 0.25) is 11.8 Å². The Hall–Kier alpha value is -3.85. The average molecular weight is 507 g/mol. The molecule has 1 unspecified atom stereocenters. The van der Waals surface area contributed by atoms with Gasteiger partial charge in [0, 0.05) is 11.8 Å². The highest BCUT2D eigenvalue weighted by atomic mass is 32.1. The lowest BCUT2D eigenvalue weighted by Crippen LogP contribution is -2.49. The second-order valence-corrected chi connectivity index (χ2v) is 9.71. The zero-order chi connectivity index (χ0) is 25.9. The zero-order valence-corrected chi connectivity index (χ0v) is 21.1. The highest BCUT2D eigenvalue weighted by molar-refractivity contribution is 7.12. The van der Waals surface area contributed by atoms with Crippen molar-refractivity contribution in [1.82, 2.24) is 20.9 Å². The van der Waals surface area contributed by atoms with E-state index in [0.29, 0.717) is 11.3 Å². The molecule has 0 saturated heterocycles. The van der Waals surface area contributed by atoms with Gasteiger partial charge in [0.25, 0.3) is 5.91 Å². The minimum atomic E-state index is -0.756. The van der Waals surface area contributed by atoms with Crippen molar-refractivity contribution in [3.8, 4) is 11.3 Å². The van der Waals surface area contributed by atoms with Crippen molar-refractivity contribution >= 4 is 34.8 Å². The first kappa shape index (κ1) is 26.7. The fraction of sp³-hybridized carbons (Fsp3) is 0.296. The maximum absolute atomic E-state index is 12.6. The van der Waals surface area contributed by atoms with Gasteiger partial charge in [-0.05, 0) is 47.5 Å². The van der Waals surface area contributed by atoms with Crippen LogP contribution in [0.2, 0.25) is 0 Å². The van der Waals surface area contributed by atoms with Crippen LogP contribution in [0, 0.1) is 5.92 Å². The fourth-order valence-corrected chi connectivity index (χ4v) is 4.16. The van der Waals surface area contributed by atoms with Crippen LogP contribution in [0.1, 0.15) is 35.5 Å². The molecule has 0 aliphatic rings. The van der Waals surface area contributed by atoms with Gasteiger partial charge < -0.3 is 16.0 Å². The molecule has 0 fully saturated rings. The number of ketones is 1. The number of nitrogens with one attached hydrogen (secondary N) is 3. The van der Waals surface area contributed by atoms with E-state index < -0.39 is 11.9 Å². The summed E-state index contributed by atoms with van der Waals surface area (Å²) in [7, 11) is 0. The molecule has 2 heterocycles. The summed E-state index contributed by atoms with van der Waals surface area (Å²) < 4.78 is 0. The summed E-state index contributed by atoms with van der Waals surface area (Å²) in [5.41, 5.74) is 2.52. The highest BCUT2D eigenvalue weighted by Gasteiger charge is 2.23. The second-order valence-electron chi connectivity index (χ2n) is 8.76. The van der Waals surface area contributed by atoms with Gasteiger partial charge in [0.05, 0.1) is 30.1 Å². The Morgan fingerprint density at radius 3 is 2.44 bits per heavy atom. The number of hydrogen-bond donors (Lipinski definition) is 3. The number of rotatable bonds is 12. The van der Waals surface area contributed by atoms with Gasteiger partial charge in [0.1, 0.15) is 6.04 Å². The predicted octanol–water partition coefficient (Wildman–Crippen LogP) is 3.00. The molecule has 36 heavy (non-hydrogen) atoms. The number of thiophene rings is 1. The first-order valence-electron chi connectivity index (χ1n) is 11.7. The number of aromatic nitrogens is 1. The summed E-state index contributed by atoms with van der Waals surface area (Å²) in [5.74, 6) is -1.23. The molecule has 8 nitrogen and oxygen atoms in total. The lowest BCUT2D eigenvalue weighted by Gasteiger charge is -2.19. The third-order valence-corrected chi connectivity index (χ3v) is 6.14. The van der Waals surface area contributed by atoms with Crippen LogP contribution in [0.4, 0.5) is 0 Å². The van der Waals surface area contributed by atoms with Crippen LogP contribution in [0.3, 0.4) is 0 Å². The normalized spacial score (nSPS) is 11.5. The summed E-state index contributed by atoms with van der Waals surface area (Å²) in [6.07, 6.45) is 2.26. The first-order valence-corrected chi connectivity index (χ1v) is 12.6. The average Bonchev–Trinajstić information content (AvgIpc) is 3.41. The van der Waals surface area contributed by atoms with Gasteiger partial charge in [-0.2, -0.15) is 0 Å². The number of carbonyl (C=O) groups excluding carboxylic acids is 4. The number of benzene rings is 1. The molecule has 0 spiro atoms. The molecule has 1 aromatic carbocycles. The maximum atomic E-state index is 12.6. The molecule has 1 atom stereocenters. The molecule has 3 amide bonds. The number of nitrogens with zero attached hydrogens (tertiary/aromatic N) is 1. The standard InChI is InChI=1S/C27H30N4O4S/c1-18(2)13-23(31-27(35)24-10-6-12-36-24)26(34)30-17-21(32)16-29-25(33)15-19-7-5-8-20(14-19)22-9-3-4-11-28-22/h3-12,14,18,23H,13,15-17H2,1-2H3,(H,29,33)(H,30,34)(H,31,35). The lowest BCUT2D eigenvalue weighted by molar-refractivity contribution is -0.127. The van der Waals surface area contributed by atoms with E-state index in [0.717, 1.165) is 16.8 Å². The molecular formula is C27H30N4O4S. The van der Waals surface area contributed by atoms with Crippen molar-refractivity contribution in [3.63, 3.8) is 0 Å². The van der Waals surface area contributed by atoms with Crippen LogP contribution < -0.4 is 16.0 Å². The molecule has 0 aliphatic carbocycles. The third kappa shape index (κ3) is 8.42. The van der Waals surface area contributed by atoms with E-state index in [-0.39, 0.29) is 43.0 Å². The maximum Gasteiger partial charge on any atom is 0.261 e. The number of Topliss-reactive ketones (excluding diaryl/α,β-unsaturated/α-hetero) is 1. The van der Waals surface area contributed by atoms with E-state index in [4.69, 9.17) is 0 Å². The van der Waals surface area contributed by atoms with E-state index in [1.165, 1.54) is 11.3 Å². The van der Waals surface area contributed by atoms with Gasteiger partial charge in [-0.15, -0.1) is 11.3 Å². The molecule has 0 saturated carbocycles. The van der Waals surface area contributed by atoms with E-state index in [9.17, 15) is 19.2 Å². The smallest absolute Gasteiger partial charge is 0.261 e. The summed E-state index contributed by atoms with van der Waals surface area (Å²) in [6, 6.07) is 15.8. The molecule has 0 aliphatic heterocycles. The topological polar surface area (TPSA) is 117 Å². The van der Waals surface area contributed by atoms with Crippen LogP contribution >= 0.6 is 11.3 Å². The molecule has 3 rings (SSSR count). The number of hydrogen-bond acceptors (Lipinski definition) is 6. The zero-order valence-electron chi connectivity index (χ0n) is 20.3. The van der Waals surface area contributed by atoms with Crippen molar-refractivity contribution in [1.29, 1.82) is 0 Å². The molecule has 3 N–H and O–H groups in total. The second kappa shape index (κ2) is 13.3. The third-order valence-electron chi connectivity index (χ3n) is 5.27. The Kier molecular flexibility index (Phi) is 9.88. The van der Waals surface area contributed by atoms with Crippen molar-refractivity contribution < 1.29 is 19.2 Å². The van der Waals surface area contributed by atoms with Crippen molar-refractivity contribution in [2.24, 2.45) is 5.92 Å². The minimum Gasteiger partial charge on any atom is -0.349 e. The van der Waals surface area contributed by atoms with Crippen molar-refractivity contribution in [2.45, 2.75) is 32.7 Å². The largest absolute Gasteiger partial charge is 0.349 e. The number of pyridine rings is 1. The fourth-order valence-electron chi connectivity index (χ4n) is 3.53. The molecule has 188 valence electrons. The monoisotopic (exact) mass is 506 g/mol. The molecule has 3 aromatic rings. The van der Waals surface area contributed by atoms with Crippen LogP contribution in [0.25, 0.3) is 11.3 Å². The van der Waals surface area contributed by atoms with Gasteiger partial charge >= 0.3 is 0 Å². The highest BCUT2D eigenvalue weighted by Crippen LogP contribution is 2.18. The van der Waals surface area contributed by atoms with E-state index in [2.05, 4.69) is 20.9 Å². The first-order chi connectivity index (χ1) is 17.3. The van der Waals surface area contributed by atoms with Gasteiger partial charge in [-0.3, -0.25) is 24.2 Å². The van der Waals surface area contributed by atoms with E-state index in [1.807, 2.05) is 56.3 Å².